The first-order chi connectivity index (χ1) is 9.06. The molecule has 0 aliphatic carbocycles. The van der Waals surface area contributed by atoms with E-state index >= 15 is 0 Å². The number of aryl methyl sites for hydroxylation is 2. The van der Waals surface area contributed by atoms with Crippen LogP contribution in [0, 0.1) is 13.8 Å². The van der Waals surface area contributed by atoms with Crippen LogP contribution < -0.4 is 0 Å². The molecule has 0 amide bonds. The topological polar surface area (TPSA) is 52.1 Å². The first-order valence-corrected chi connectivity index (χ1v) is 7.83. The molecule has 1 aliphatic heterocycles. The maximum absolute atomic E-state index is 11.7. The van der Waals surface area contributed by atoms with Crippen LogP contribution in [0.3, 0.4) is 0 Å². The number of fused-ring (bicyclic) bond motifs is 1. The number of nitrogens with zero attached hydrogens (tertiary/aromatic N) is 2. The summed E-state index contributed by atoms with van der Waals surface area (Å²) >= 11 is 3.17. The van der Waals surface area contributed by atoms with Crippen molar-refractivity contribution < 1.29 is 9.53 Å². The molecule has 6 heteroatoms. The van der Waals surface area contributed by atoms with Gasteiger partial charge in [0.05, 0.1) is 0 Å². The monoisotopic (exact) mass is 294 g/mol. The van der Waals surface area contributed by atoms with Crippen molar-refractivity contribution in [3.63, 3.8) is 0 Å². The van der Waals surface area contributed by atoms with E-state index in [2.05, 4.69) is 23.8 Å². The summed E-state index contributed by atoms with van der Waals surface area (Å²) in [7, 11) is 0. The highest BCUT2D eigenvalue weighted by Crippen LogP contribution is 2.38. The van der Waals surface area contributed by atoms with Crippen LogP contribution in [0.4, 0.5) is 0 Å². The third-order valence-corrected chi connectivity index (χ3v) is 5.63. The molecule has 0 spiro atoms. The van der Waals surface area contributed by atoms with Gasteiger partial charge in [-0.15, -0.1) is 11.3 Å². The molecule has 1 fully saturated rings. The van der Waals surface area contributed by atoms with Crippen LogP contribution in [-0.4, -0.2) is 27.3 Å². The molecular formula is C13H14N2O2S2. The smallest absolute Gasteiger partial charge is 0.319 e. The number of carbonyl (C=O) groups excluding carboxylic acids is 1. The quantitative estimate of drug-likeness (QED) is 0.629. The zero-order chi connectivity index (χ0) is 13.6. The first-order valence-electron chi connectivity index (χ1n) is 6.14. The summed E-state index contributed by atoms with van der Waals surface area (Å²) < 4.78 is 5.19. The number of cyclic esters (lactones) is 1. The number of thiophene rings is 1. The molecule has 0 N–H and O–H groups in total. The van der Waals surface area contributed by atoms with E-state index in [4.69, 9.17) is 4.74 Å². The molecule has 100 valence electrons. The molecule has 4 nitrogen and oxygen atoms in total. The predicted octanol–water partition coefficient (Wildman–Crippen LogP) is 3.10. The van der Waals surface area contributed by atoms with Gasteiger partial charge in [-0.3, -0.25) is 4.79 Å². The third kappa shape index (κ3) is 2.23. The minimum atomic E-state index is -0.146. The summed E-state index contributed by atoms with van der Waals surface area (Å²) in [5, 5.41) is 1.83. The van der Waals surface area contributed by atoms with Crippen molar-refractivity contribution >= 4 is 39.3 Å². The number of aromatic nitrogens is 2. The lowest BCUT2D eigenvalue weighted by molar-refractivity contribution is -0.140. The fourth-order valence-electron chi connectivity index (χ4n) is 2.19. The number of esters is 1. The lowest BCUT2D eigenvalue weighted by atomic mass is 10.2. The molecule has 0 radical (unpaired) electrons. The summed E-state index contributed by atoms with van der Waals surface area (Å²) in [4.78, 5) is 22.6. The summed E-state index contributed by atoms with van der Waals surface area (Å²) in [6, 6.07) is 0. The summed E-state index contributed by atoms with van der Waals surface area (Å²) in [6.07, 6.45) is 2.33. The molecule has 2 aromatic heterocycles. The van der Waals surface area contributed by atoms with Crippen LogP contribution in [0.15, 0.2) is 11.4 Å². The van der Waals surface area contributed by atoms with Gasteiger partial charge < -0.3 is 4.74 Å². The van der Waals surface area contributed by atoms with Gasteiger partial charge in [-0.2, -0.15) is 0 Å². The van der Waals surface area contributed by atoms with Gasteiger partial charge in [0.2, 0.25) is 0 Å². The van der Waals surface area contributed by atoms with Crippen LogP contribution in [0.5, 0.6) is 0 Å². The van der Waals surface area contributed by atoms with Gasteiger partial charge in [-0.05, 0) is 26.3 Å². The Morgan fingerprint density at radius 2 is 2.21 bits per heavy atom. The highest BCUT2D eigenvalue weighted by molar-refractivity contribution is 8.00. The second-order valence-corrected chi connectivity index (χ2v) is 7.13. The van der Waals surface area contributed by atoms with Crippen molar-refractivity contribution in [3.8, 4) is 0 Å². The predicted molar refractivity (Wildman–Crippen MR) is 76.7 cm³/mol. The molecular weight excluding hydrogens is 280 g/mol. The maximum atomic E-state index is 11.7. The Labute approximate surface area is 119 Å². The Kier molecular flexibility index (Phi) is 3.22. The number of rotatable bonds is 2. The van der Waals surface area contributed by atoms with Gasteiger partial charge in [0.25, 0.3) is 0 Å². The highest BCUT2D eigenvalue weighted by Gasteiger charge is 2.33. The summed E-state index contributed by atoms with van der Waals surface area (Å²) in [5.74, 6) is -0.131. The van der Waals surface area contributed by atoms with E-state index in [1.165, 1.54) is 22.2 Å². The van der Waals surface area contributed by atoms with Crippen LogP contribution in [-0.2, 0) is 9.53 Å². The SMILES string of the molecule is Cc1sc2ncnc(SC3CC(C)OC3=O)c2c1C. The molecule has 0 aromatic carbocycles. The summed E-state index contributed by atoms with van der Waals surface area (Å²) in [5.41, 5.74) is 1.21. The Bertz CT molecular complexity index is 653. The fraction of sp³-hybridized carbons (Fsp3) is 0.462. The fourth-order valence-corrected chi connectivity index (χ4v) is 4.52. The standard InChI is InChI=1S/C13H14N2O2S2/c1-6-4-9(13(16)17-6)19-12-10-7(2)8(3)18-11(10)14-5-15-12/h5-6,9H,4H2,1-3H3. The Balaban J connectivity index is 1.99. The van der Waals surface area contributed by atoms with Gasteiger partial charge in [0, 0.05) is 16.7 Å². The normalized spacial score (nSPS) is 23.0. The van der Waals surface area contributed by atoms with E-state index in [1.807, 2.05) is 6.92 Å². The van der Waals surface area contributed by atoms with Crippen LogP contribution in [0.25, 0.3) is 10.2 Å². The summed E-state index contributed by atoms with van der Waals surface area (Å²) in [6.45, 7) is 6.09. The zero-order valence-corrected chi connectivity index (χ0v) is 12.6. The van der Waals surface area contributed by atoms with Gasteiger partial charge in [0.1, 0.15) is 27.5 Å². The molecule has 19 heavy (non-hydrogen) atoms. The average Bonchev–Trinajstić information content (AvgIpc) is 2.81. The zero-order valence-electron chi connectivity index (χ0n) is 11.0. The van der Waals surface area contributed by atoms with E-state index in [0.29, 0.717) is 0 Å². The van der Waals surface area contributed by atoms with E-state index in [-0.39, 0.29) is 17.3 Å². The minimum Gasteiger partial charge on any atom is -0.462 e. The van der Waals surface area contributed by atoms with Crippen molar-refractivity contribution in [1.29, 1.82) is 0 Å². The highest BCUT2D eigenvalue weighted by atomic mass is 32.2. The molecule has 3 heterocycles. The minimum absolute atomic E-state index is 0.00707. The molecule has 2 atom stereocenters. The molecule has 0 bridgehead atoms. The molecule has 1 aliphatic rings. The van der Waals surface area contributed by atoms with E-state index in [0.717, 1.165) is 21.7 Å². The Hall–Kier alpha value is -1.14. The van der Waals surface area contributed by atoms with Gasteiger partial charge in [0.15, 0.2) is 0 Å². The number of hydrogen-bond acceptors (Lipinski definition) is 6. The first kappa shape index (κ1) is 12.9. The van der Waals surface area contributed by atoms with Crippen LogP contribution in [0.2, 0.25) is 0 Å². The molecule has 3 rings (SSSR count). The van der Waals surface area contributed by atoms with Crippen molar-refractivity contribution in [1.82, 2.24) is 9.97 Å². The van der Waals surface area contributed by atoms with Gasteiger partial charge >= 0.3 is 5.97 Å². The van der Waals surface area contributed by atoms with Crippen molar-refractivity contribution in [2.45, 2.75) is 43.6 Å². The van der Waals surface area contributed by atoms with E-state index in [9.17, 15) is 4.79 Å². The number of carbonyl (C=O) groups is 1. The second-order valence-electron chi connectivity index (χ2n) is 4.73. The Morgan fingerprint density at radius 1 is 1.42 bits per heavy atom. The van der Waals surface area contributed by atoms with E-state index < -0.39 is 0 Å². The third-order valence-electron chi connectivity index (χ3n) is 3.31. The lowest BCUT2D eigenvalue weighted by Crippen LogP contribution is -2.09. The second kappa shape index (κ2) is 4.76. The number of ether oxygens (including phenoxy) is 1. The largest absolute Gasteiger partial charge is 0.462 e. The van der Waals surface area contributed by atoms with E-state index in [1.54, 1.807) is 17.7 Å². The number of thioether (sulfide) groups is 1. The van der Waals surface area contributed by atoms with Gasteiger partial charge in [-0.1, -0.05) is 11.8 Å². The van der Waals surface area contributed by atoms with Crippen molar-refractivity contribution in [2.75, 3.05) is 0 Å². The van der Waals surface area contributed by atoms with Gasteiger partial charge in [-0.25, -0.2) is 9.97 Å². The van der Waals surface area contributed by atoms with Crippen molar-refractivity contribution in [2.24, 2.45) is 0 Å². The molecule has 2 unspecified atom stereocenters. The van der Waals surface area contributed by atoms with Crippen LogP contribution in [0.1, 0.15) is 23.8 Å². The lowest BCUT2D eigenvalue weighted by Gasteiger charge is -2.06. The molecule has 2 aromatic rings. The van der Waals surface area contributed by atoms with Crippen molar-refractivity contribution in [3.05, 3.63) is 16.8 Å². The Morgan fingerprint density at radius 3 is 2.89 bits per heavy atom. The maximum Gasteiger partial charge on any atom is 0.319 e. The average molecular weight is 294 g/mol. The molecule has 1 saturated heterocycles. The van der Waals surface area contributed by atoms with Crippen LogP contribution >= 0.6 is 23.1 Å². The number of hydrogen-bond donors (Lipinski definition) is 0. The molecule has 0 saturated carbocycles.